The van der Waals surface area contributed by atoms with Gasteiger partial charge in [-0.3, -0.25) is 9.48 Å². The van der Waals surface area contributed by atoms with Crippen LogP contribution >= 0.6 is 15.9 Å². The van der Waals surface area contributed by atoms with Gasteiger partial charge in [0, 0.05) is 19.2 Å². The number of nitrogens with one attached hydrogen (secondary N) is 1. The molecule has 0 saturated heterocycles. The molecule has 0 aliphatic heterocycles. The van der Waals surface area contributed by atoms with Gasteiger partial charge in [-0.1, -0.05) is 12.1 Å². The SMILES string of the molecule is N#Cc1ccccc1NC(=O)CCCn1cc(Br)cn1. The Morgan fingerprint density at radius 2 is 2.25 bits per heavy atom. The van der Waals surface area contributed by atoms with E-state index >= 15 is 0 Å². The normalized spacial score (nSPS) is 10.0. The lowest BCUT2D eigenvalue weighted by molar-refractivity contribution is -0.116. The zero-order valence-corrected chi connectivity index (χ0v) is 12.3. The minimum atomic E-state index is -0.0982. The molecule has 1 amide bonds. The summed E-state index contributed by atoms with van der Waals surface area (Å²) in [6.45, 7) is 0.679. The van der Waals surface area contributed by atoms with Crippen LogP contribution < -0.4 is 5.32 Å². The van der Waals surface area contributed by atoms with Gasteiger partial charge in [-0.15, -0.1) is 0 Å². The highest BCUT2D eigenvalue weighted by atomic mass is 79.9. The van der Waals surface area contributed by atoms with Gasteiger partial charge >= 0.3 is 0 Å². The lowest BCUT2D eigenvalue weighted by Gasteiger charge is -2.06. The predicted octanol–water partition coefficient (Wildman–Crippen LogP) is 2.94. The van der Waals surface area contributed by atoms with E-state index in [0.717, 1.165) is 4.47 Å². The second-order valence-corrected chi connectivity index (χ2v) is 5.15. The zero-order chi connectivity index (χ0) is 14.4. The Bertz CT molecular complexity index is 645. The quantitative estimate of drug-likeness (QED) is 0.914. The molecule has 0 bridgehead atoms. The van der Waals surface area contributed by atoms with Gasteiger partial charge in [-0.25, -0.2) is 0 Å². The molecule has 1 aromatic carbocycles. The maximum Gasteiger partial charge on any atom is 0.224 e. The summed E-state index contributed by atoms with van der Waals surface area (Å²) in [5.74, 6) is -0.0982. The van der Waals surface area contributed by atoms with Gasteiger partial charge in [0.05, 0.1) is 21.9 Å². The number of amides is 1. The zero-order valence-electron chi connectivity index (χ0n) is 10.7. The van der Waals surface area contributed by atoms with Gasteiger partial charge in [0.15, 0.2) is 0 Å². The molecular formula is C14H13BrN4O. The number of carbonyl (C=O) groups excluding carboxylic acids is 1. The second kappa shape index (κ2) is 6.87. The molecule has 20 heavy (non-hydrogen) atoms. The van der Waals surface area contributed by atoms with Crippen molar-refractivity contribution in [2.45, 2.75) is 19.4 Å². The van der Waals surface area contributed by atoms with E-state index in [1.54, 1.807) is 35.1 Å². The Hall–Kier alpha value is -2.13. The number of rotatable bonds is 5. The van der Waals surface area contributed by atoms with Crippen molar-refractivity contribution in [3.8, 4) is 6.07 Å². The summed E-state index contributed by atoms with van der Waals surface area (Å²) < 4.78 is 2.70. The van der Waals surface area contributed by atoms with E-state index in [1.165, 1.54) is 0 Å². The molecular weight excluding hydrogens is 320 g/mol. The molecule has 0 radical (unpaired) electrons. The lowest BCUT2D eigenvalue weighted by atomic mass is 10.2. The highest BCUT2D eigenvalue weighted by Crippen LogP contribution is 2.14. The lowest BCUT2D eigenvalue weighted by Crippen LogP contribution is -2.13. The molecule has 0 aliphatic carbocycles. The first kappa shape index (κ1) is 14.3. The first-order valence-electron chi connectivity index (χ1n) is 6.16. The van der Waals surface area contributed by atoms with Crippen LogP contribution in [0.4, 0.5) is 5.69 Å². The fraction of sp³-hybridized carbons (Fsp3) is 0.214. The Labute approximate surface area is 125 Å². The number of hydrogen-bond donors (Lipinski definition) is 1. The smallest absolute Gasteiger partial charge is 0.224 e. The van der Waals surface area contributed by atoms with Crippen LogP contribution in [0.15, 0.2) is 41.1 Å². The maximum atomic E-state index is 11.8. The summed E-state index contributed by atoms with van der Waals surface area (Å²) in [5.41, 5.74) is 1.03. The molecule has 0 atom stereocenters. The van der Waals surface area contributed by atoms with Crippen molar-refractivity contribution in [1.82, 2.24) is 9.78 Å². The van der Waals surface area contributed by atoms with Gasteiger partial charge in [-0.2, -0.15) is 10.4 Å². The monoisotopic (exact) mass is 332 g/mol. The molecule has 0 unspecified atom stereocenters. The maximum absolute atomic E-state index is 11.8. The number of halogens is 1. The first-order valence-corrected chi connectivity index (χ1v) is 6.95. The van der Waals surface area contributed by atoms with E-state index in [-0.39, 0.29) is 5.91 Å². The highest BCUT2D eigenvalue weighted by Gasteiger charge is 2.06. The van der Waals surface area contributed by atoms with Crippen LogP contribution in [0.2, 0.25) is 0 Å². The van der Waals surface area contributed by atoms with Crippen molar-refractivity contribution in [3.05, 3.63) is 46.7 Å². The van der Waals surface area contributed by atoms with Crippen molar-refractivity contribution >= 4 is 27.5 Å². The molecule has 6 heteroatoms. The van der Waals surface area contributed by atoms with E-state index in [0.29, 0.717) is 30.6 Å². The summed E-state index contributed by atoms with van der Waals surface area (Å²) in [4.78, 5) is 11.8. The van der Waals surface area contributed by atoms with Gasteiger partial charge in [0.1, 0.15) is 6.07 Å². The molecule has 1 N–H and O–H groups in total. The minimum absolute atomic E-state index is 0.0982. The number of nitriles is 1. The van der Waals surface area contributed by atoms with Crippen molar-refractivity contribution < 1.29 is 4.79 Å². The number of anilines is 1. The van der Waals surface area contributed by atoms with Crippen LogP contribution in [0, 0.1) is 11.3 Å². The fourth-order valence-corrected chi connectivity index (χ4v) is 2.09. The van der Waals surface area contributed by atoms with E-state index in [2.05, 4.69) is 32.4 Å². The number of hydrogen-bond acceptors (Lipinski definition) is 3. The van der Waals surface area contributed by atoms with Gasteiger partial charge in [0.2, 0.25) is 5.91 Å². The number of nitrogens with zero attached hydrogens (tertiary/aromatic N) is 3. The topological polar surface area (TPSA) is 70.7 Å². The third-order valence-corrected chi connectivity index (χ3v) is 3.12. The molecule has 5 nitrogen and oxygen atoms in total. The fourth-order valence-electron chi connectivity index (χ4n) is 1.76. The summed E-state index contributed by atoms with van der Waals surface area (Å²) in [6.07, 6.45) is 4.65. The Morgan fingerprint density at radius 3 is 2.95 bits per heavy atom. The number of carbonyl (C=O) groups is 1. The summed E-state index contributed by atoms with van der Waals surface area (Å²) in [5, 5.41) is 15.8. The molecule has 0 aliphatic rings. The Balaban J connectivity index is 1.82. The predicted molar refractivity (Wildman–Crippen MR) is 78.9 cm³/mol. The summed E-state index contributed by atoms with van der Waals surface area (Å²) in [6, 6.07) is 9.01. The first-order chi connectivity index (χ1) is 9.69. The number of aryl methyl sites for hydroxylation is 1. The van der Waals surface area contributed by atoms with Crippen LogP contribution in [0.3, 0.4) is 0 Å². The van der Waals surface area contributed by atoms with Gasteiger partial charge in [0.25, 0.3) is 0 Å². The van der Waals surface area contributed by atoms with Crippen LogP contribution in [0.1, 0.15) is 18.4 Å². The van der Waals surface area contributed by atoms with Gasteiger partial charge in [-0.05, 0) is 34.5 Å². The molecule has 0 saturated carbocycles. The van der Waals surface area contributed by atoms with E-state index in [9.17, 15) is 4.79 Å². The standard InChI is InChI=1S/C14H13BrN4O/c15-12-9-17-19(10-12)7-3-6-14(20)18-13-5-2-1-4-11(13)8-16/h1-2,4-5,9-10H,3,6-7H2,(H,18,20). The van der Waals surface area contributed by atoms with Crippen molar-refractivity contribution in [1.29, 1.82) is 5.26 Å². The molecule has 2 rings (SSSR count). The van der Waals surface area contributed by atoms with Crippen LogP contribution in [-0.2, 0) is 11.3 Å². The van der Waals surface area contributed by atoms with Crippen molar-refractivity contribution in [2.24, 2.45) is 0 Å². The molecule has 0 fully saturated rings. The Kier molecular flexibility index (Phi) is 4.91. The third-order valence-electron chi connectivity index (χ3n) is 2.71. The van der Waals surface area contributed by atoms with Gasteiger partial charge < -0.3 is 5.32 Å². The summed E-state index contributed by atoms with van der Waals surface area (Å²) >= 11 is 3.32. The molecule has 1 heterocycles. The number of benzene rings is 1. The van der Waals surface area contributed by atoms with E-state index in [1.807, 2.05) is 6.20 Å². The largest absolute Gasteiger partial charge is 0.325 e. The number of para-hydroxylation sites is 1. The molecule has 102 valence electrons. The summed E-state index contributed by atoms with van der Waals surface area (Å²) in [7, 11) is 0. The van der Waals surface area contributed by atoms with Crippen LogP contribution in [0.5, 0.6) is 0 Å². The van der Waals surface area contributed by atoms with Crippen LogP contribution in [-0.4, -0.2) is 15.7 Å². The van der Waals surface area contributed by atoms with E-state index in [4.69, 9.17) is 5.26 Å². The highest BCUT2D eigenvalue weighted by molar-refractivity contribution is 9.10. The van der Waals surface area contributed by atoms with Crippen LogP contribution in [0.25, 0.3) is 0 Å². The van der Waals surface area contributed by atoms with E-state index < -0.39 is 0 Å². The molecule has 0 spiro atoms. The molecule has 1 aromatic heterocycles. The van der Waals surface area contributed by atoms with Crippen molar-refractivity contribution in [2.75, 3.05) is 5.32 Å². The molecule has 2 aromatic rings. The average molecular weight is 333 g/mol. The van der Waals surface area contributed by atoms with Crippen molar-refractivity contribution in [3.63, 3.8) is 0 Å². The second-order valence-electron chi connectivity index (χ2n) is 4.23. The minimum Gasteiger partial charge on any atom is -0.325 e. The third kappa shape index (κ3) is 3.93. The number of aromatic nitrogens is 2. The average Bonchev–Trinajstić information content (AvgIpc) is 2.85. The Morgan fingerprint density at radius 1 is 1.45 bits per heavy atom.